The second-order valence-electron chi connectivity index (χ2n) is 5.24. The van der Waals surface area contributed by atoms with Crippen LogP contribution in [-0.4, -0.2) is 6.54 Å². The molecular weight excluding hydrogens is 274 g/mol. The topological polar surface area (TPSA) is 26.0 Å². The number of hydrogen-bond acceptors (Lipinski definition) is 2. The molecule has 1 nitrogen and oxygen atoms in total. The molecule has 0 radical (unpaired) electrons. The minimum atomic E-state index is 0.706. The molecule has 2 N–H and O–H groups in total. The monoisotopic (exact) mass is 293 g/mol. The minimum absolute atomic E-state index is 0.706. The summed E-state index contributed by atoms with van der Waals surface area (Å²) in [5.74, 6) is 0. The molecule has 0 aliphatic rings. The van der Waals surface area contributed by atoms with E-state index in [1.54, 1.807) is 0 Å². The highest BCUT2D eigenvalue weighted by Gasteiger charge is 2.03. The Labute approximate surface area is 130 Å². The molecule has 2 heteroatoms. The largest absolute Gasteiger partial charge is 0.330 e. The summed E-state index contributed by atoms with van der Waals surface area (Å²) in [4.78, 5) is 2.56. The number of rotatable bonds is 4. The maximum absolute atomic E-state index is 5.64. The molecule has 0 aliphatic heterocycles. The van der Waals surface area contributed by atoms with Crippen molar-refractivity contribution in [1.29, 1.82) is 0 Å². The highest BCUT2D eigenvalue weighted by atomic mass is 32.2. The predicted molar refractivity (Wildman–Crippen MR) is 92.0 cm³/mol. The van der Waals surface area contributed by atoms with Gasteiger partial charge in [0.05, 0.1) is 0 Å². The summed E-state index contributed by atoms with van der Waals surface area (Å²) in [6.07, 6.45) is 0.951. The molecule has 0 spiro atoms. The molecule has 0 aliphatic carbocycles. The Hall–Kier alpha value is -1.77. The van der Waals surface area contributed by atoms with E-state index >= 15 is 0 Å². The predicted octanol–water partition coefficient (Wildman–Crippen LogP) is 4.80. The summed E-state index contributed by atoms with van der Waals surface area (Å²) in [6, 6.07) is 21.8. The van der Waals surface area contributed by atoms with E-state index in [4.69, 9.17) is 5.73 Å². The van der Waals surface area contributed by atoms with E-state index in [-0.39, 0.29) is 0 Å². The first-order valence-electron chi connectivity index (χ1n) is 7.22. The fourth-order valence-corrected chi connectivity index (χ4v) is 3.50. The van der Waals surface area contributed by atoms with Gasteiger partial charge in [-0.1, -0.05) is 48.2 Å². The van der Waals surface area contributed by atoms with Crippen molar-refractivity contribution in [2.45, 2.75) is 23.1 Å². The Bertz CT molecular complexity index is 764. The summed E-state index contributed by atoms with van der Waals surface area (Å²) >= 11 is 1.81. The number of benzene rings is 3. The summed E-state index contributed by atoms with van der Waals surface area (Å²) in [5.41, 5.74) is 8.31. The van der Waals surface area contributed by atoms with Gasteiger partial charge in [0.1, 0.15) is 0 Å². The van der Waals surface area contributed by atoms with Gasteiger partial charge in [0, 0.05) is 9.79 Å². The lowest BCUT2D eigenvalue weighted by molar-refractivity contribution is 0.954. The molecule has 0 saturated heterocycles. The van der Waals surface area contributed by atoms with Gasteiger partial charge < -0.3 is 5.73 Å². The van der Waals surface area contributed by atoms with Gasteiger partial charge in [-0.25, -0.2) is 0 Å². The summed E-state index contributed by atoms with van der Waals surface area (Å²) in [7, 11) is 0. The highest BCUT2D eigenvalue weighted by molar-refractivity contribution is 7.99. The molecule has 0 unspecified atom stereocenters. The van der Waals surface area contributed by atoms with Crippen LogP contribution in [0.5, 0.6) is 0 Å². The Morgan fingerprint density at radius 1 is 0.857 bits per heavy atom. The molecule has 21 heavy (non-hydrogen) atoms. The van der Waals surface area contributed by atoms with Gasteiger partial charge >= 0.3 is 0 Å². The molecule has 0 saturated carbocycles. The van der Waals surface area contributed by atoms with Crippen molar-refractivity contribution in [3.8, 4) is 0 Å². The second kappa shape index (κ2) is 6.33. The van der Waals surface area contributed by atoms with Crippen LogP contribution >= 0.6 is 11.8 Å². The second-order valence-corrected chi connectivity index (χ2v) is 6.38. The smallest absolute Gasteiger partial charge is 0.0128 e. The van der Waals surface area contributed by atoms with Crippen LogP contribution in [0.2, 0.25) is 0 Å². The van der Waals surface area contributed by atoms with Crippen LogP contribution in [0.3, 0.4) is 0 Å². The molecule has 3 aromatic rings. The van der Waals surface area contributed by atoms with E-state index in [9.17, 15) is 0 Å². The van der Waals surface area contributed by atoms with Gasteiger partial charge in [-0.2, -0.15) is 0 Å². The molecule has 0 aromatic heterocycles. The summed E-state index contributed by atoms with van der Waals surface area (Å²) in [6.45, 7) is 2.87. The fourth-order valence-electron chi connectivity index (χ4n) is 2.53. The third-order valence-corrected chi connectivity index (χ3v) is 4.66. The van der Waals surface area contributed by atoms with Crippen LogP contribution in [0.15, 0.2) is 70.5 Å². The van der Waals surface area contributed by atoms with Crippen molar-refractivity contribution in [1.82, 2.24) is 0 Å². The van der Waals surface area contributed by atoms with Crippen LogP contribution in [-0.2, 0) is 6.42 Å². The normalized spacial score (nSPS) is 11.0. The molecule has 0 atom stereocenters. The molecule has 0 bridgehead atoms. The van der Waals surface area contributed by atoms with Gasteiger partial charge in [0.15, 0.2) is 0 Å². The first-order chi connectivity index (χ1) is 10.3. The number of aryl methyl sites for hydroxylation is 1. The van der Waals surface area contributed by atoms with E-state index in [1.807, 2.05) is 11.8 Å². The van der Waals surface area contributed by atoms with Crippen LogP contribution in [0.25, 0.3) is 10.8 Å². The average molecular weight is 293 g/mol. The lowest BCUT2D eigenvalue weighted by Gasteiger charge is -2.08. The van der Waals surface area contributed by atoms with E-state index in [0.717, 1.165) is 6.42 Å². The lowest BCUT2D eigenvalue weighted by atomic mass is 10.1. The summed E-state index contributed by atoms with van der Waals surface area (Å²) < 4.78 is 0. The first kappa shape index (κ1) is 14.2. The van der Waals surface area contributed by atoms with Gasteiger partial charge in [-0.3, -0.25) is 0 Å². The highest BCUT2D eigenvalue weighted by Crippen LogP contribution is 2.31. The maximum atomic E-state index is 5.64. The minimum Gasteiger partial charge on any atom is -0.330 e. The van der Waals surface area contributed by atoms with Crippen LogP contribution in [0.1, 0.15) is 11.1 Å². The quantitative estimate of drug-likeness (QED) is 0.747. The molecule has 106 valence electrons. The number of fused-ring (bicyclic) bond motifs is 1. The van der Waals surface area contributed by atoms with Crippen molar-refractivity contribution in [3.05, 3.63) is 71.8 Å². The lowest BCUT2D eigenvalue weighted by Crippen LogP contribution is -2.03. The van der Waals surface area contributed by atoms with Crippen LogP contribution in [0.4, 0.5) is 0 Å². The molecule has 3 rings (SSSR count). The molecular formula is C19H19NS. The van der Waals surface area contributed by atoms with Crippen molar-refractivity contribution < 1.29 is 0 Å². The van der Waals surface area contributed by atoms with Crippen molar-refractivity contribution in [2.75, 3.05) is 6.54 Å². The van der Waals surface area contributed by atoms with Crippen LogP contribution < -0.4 is 5.73 Å². The average Bonchev–Trinajstić information content (AvgIpc) is 2.50. The van der Waals surface area contributed by atoms with Crippen molar-refractivity contribution in [3.63, 3.8) is 0 Å². The molecule has 0 heterocycles. The van der Waals surface area contributed by atoms with E-state index in [1.165, 1.54) is 31.7 Å². The van der Waals surface area contributed by atoms with Crippen molar-refractivity contribution >= 4 is 22.5 Å². The van der Waals surface area contributed by atoms with E-state index in [2.05, 4.69) is 67.6 Å². The molecule has 3 aromatic carbocycles. The van der Waals surface area contributed by atoms with E-state index in [0.29, 0.717) is 6.54 Å². The van der Waals surface area contributed by atoms with E-state index < -0.39 is 0 Å². The zero-order valence-corrected chi connectivity index (χ0v) is 13.0. The first-order valence-corrected chi connectivity index (χ1v) is 8.04. The fraction of sp³-hybridized carbons (Fsp3) is 0.158. The van der Waals surface area contributed by atoms with Crippen molar-refractivity contribution in [2.24, 2.45) is 5.73 Å². The zero-order chi connectivity index (χ0) is 14.7. The standard InChI is InChI=1S/C19H19NS/c1-14-12-18(8-6-15(14)10-11-20)21-19-9-7-16-4-2-3-5-17(16)13-19/h2-9,12-13H,10-11,20H2,1H3. The SMILES string of the molecule is Cc1cc(Sc2ccc3ccccc3c2)ccc1CCN. The molecule has 0 fully saturated rings. The Morgan fingerprint density at radius 2 is 1.57 bits per heavy atom. The van der Waals surface area contributed by atoms with Gasteiger partial charge in [-0.05, 0) is 66.1 Å². The summed E-state index contributed by atoms with van der Waals surface area (Å²) in [5, 5.41) is 2.58. The Kier molecular flexibility index (Phi) is 4.28. The third kappa shape index (κ3) is 3.29. The van der Waals surface area contributed by atoms with Gasteiger partial charge in [-0.15, -0.1) is 0 Å². The van der Waals surface area contributed by atoms with Crippen LogP contribution in [0, 0.1) is 6.92 Å². The van der Waals surface area contributed by atoms with Gasteiger partial charge in [0.25, 0.3) is 0 Å². The Balaban J connectivity index is 1.86. The third-order valence-electron chi connectivity index (χ3n) is 3.68. The number of hydrogen-bond donors (Lipinski definition) is 1. The zero-order valence-electron chi connectivity index (χ0n) is 12.2. The maximum Gasteiger partial charge on any atom is 0.0128 e. The number of nitrogens with two attached hydrogens (primary N) is 1. The molecule has 0 amide bonds. The Morgan fingerprint density at radius 3 is 2.33 bits per heavy atom. The van der Waals surface area contributed by atoms with Gasteiger partial charge in [0.2, 0.25) is 0 Å².